The molecule has 2 rings (SSSR count). The predicted molar refractivity (Wildman–Crippen MR) is 87.8 cm³/mol. The second-order valence-electron chi connectivity index (χ2n) is 4.09. The topological polar surface area (TPSA) is 80.0 Å². The molecule has 0 unspecified atom stereocenters. The summed E-state index contributed by atoms with van der Waals surface area (Å²) >= 11 is 4.92. The SMILES string of the molecule is CNCCNC(=O)CCc1nc(-c2cc(Br)cs2)no1.Cl. The van der Waals surface area contributed by atoms with Crippen molar-refractivity contribution in [2.24, 2.45) is 0 Å². The molecule has 0 saturated carbocycles. The average Bonchev–Trinajstić information content (AvgIpc) is 3.05. The Labute approximate surface area is 141 Å². The Morgan fingerprint density at radius 2 is 2.29 bits per heavy atom. The Balaban J connectivity index is 0.00000220. The van der Waals surface area contributed by atoms with Crippen LogP contribution >= 0.6 is 39.7 Å². The molecule has 116 valence electrons. The third-order valence-corrected chi connectivity index (χ3v) is 4.21. The highest BCUT2D eigenvalue weighted by molar-refractivity contribution is 9.10. The van der Waals surface area contributed by atoms with Gasteiger partial charge in [-0.3, -0.25) is 4.79 Å². The van der Waals surface area contributed by atoms with Gasteiger partial charge in [0.2, 0.25) is 17.6 Å². The van der Waals surface area contributed by atoms with E-state index in [9.17, 15) is 4.79 Å². The molecule has 0 saturated heterocycles. The third-order valence-electron chi connectivity index (χ3n) is 2.52. The van der Waals surface area contributed by atoms with Crippen LogP contribution < -0.4 is 10.6 Å². The number of aromatic nitrogens is 2. The van der Waals surface area contributed by atoms with Crippen molar-refractivity contribution in [1.82, 2.24) is 20.8 Å². The van der Waals surface area contributed by atoms with Gasteiger partial charge in [0.05, 0.1) is 4.88 Å². The van der Waals surface area contributed by atoms with Gasteiger partial charge >= 0.3 is 0 Å². The van der Waals surface area contributed by atoms with Crippen molar-refractivity contribution in [1.29, 1.82) is 0 Å². The van der Waals surface area contributed by atoms with Crippen molar-refractivity contribution >= 4 is 45.6 Å². The van der Waals surface area contributed by atoms with Gasteiger partial charge in [0.15, 0.2) is 0 Å². The molecule has 6 nitrogen and oxygen atoms in total. The number of nitrogens with one attached hydrogen (secondary N) is 2. The molecule has 0 aliphatic carbocycles. The van der Waals surface area contributed by atoms with Crippen LogP contribution in [0.4, 0.5) is 0 Å². The van der Waals surface area contributed by atoms with E-state index in [2.05, 4.69) is 36.7 Å². The quantitative estimate of drug-likeness (QED) is 0.703. The zero-order valence-electron chi connectivity index (χ0n) is 11.4. The monoisotopic (exact) mass is 394 g/mol. The van der Waals surface area contributed by atoms with Gasteiger partial charge in [-0.1, -0.05) is 5.16 Å². The third kappa shape index (κ3) is 5.74. The van der Waals surface area contributed by atoms with Gasteiger partial charge in [-0.25, -0.2) is 0 Å². The molecule has 9 heteroatoms. The van der Waals surface area contributed by atoms with E-state index in [1.165, 1.54) is 11.3 Å². The minimum Gasteiger partial charge on any atom is -0.355 e. The molecule has 2 aromatic rings. The molecule has 0 aliphatic heterocycles. The number of hydrogen-bond acceptors (Lipinski definition) is 6. The van der Waals surface area contributed by atoms with Gasteiger partial charge in [-0.2, -0.15) is 4.98 Å². The van der Waals surface area contributed by atoms with E-state index >= 15 is 0 Å². The lowest BCUT2D eigenvalue weighted by atomic mass is 10.3. The van der Waals surface area contributed by atoms with E-state index < -0.39 is 0 Å². The van der Waals surface area contributed by atoms with Crippen LogP contribution in [0.3, 0.4) is 0 Å². The Bertz CT molecular complexity index is 575. The summed E-state index contributed by atoms with van der Waals surface area (Å²) < 4.78 is 6.14. The molecular formula is C12H16BrClN4O2S. The lowest BCUT2D eigenvalue weighted by molar-refractivity contribution is -0.121. The standard InChI is InChI=1S/C12H15BrN4O2S.ClH/c1-14-4-5-15-10(18)2-3-11-16-12(17-19-11)9-6-8(13)7-20-9;/h6-7,14H,2-5H2,1H3,(H,15,18);1H. The smallest absolute Gasteiger partial charge is 0.227 e. The zero-order chi connectivity index (χ0) is 14.4. The summed E-state index contributed by atoms with van der Waals surface area (Å²) in [5, 5.41) is 11.6. The second kappa shape index (κ2) is 9.14. The molecule has 1 amide bonds. The normalized spacial score (nSPS) is 10.2. The van der Waals surface area contributed by atoms with E-state index in [1.807, 2.05) is 18.5 Å². The minimum absolute atomic E-state index is 0. The Kier molecular flexibility index (Phi) is 7.87. The number of carbonyl (C=O) groups is 1. The molecule has 0 spiro atoms. The lowest BCUT2D eigenvalue weighted by Gasteiger charge is -2.02. The predicted octanol–water partition coefficient (Wildman–Crippen LogP) is 2.25. The van der Waals surface area contributed by atoms with Gasteiger partial charge in [0.25, 0.3) is 0 Å². The Morgan fingerprint density at radius 1 is 1.48 bits per heavy atom. The second-order valence-corrected chi connectivity index (χ2v) is 5.92. The summed E-state index contributed by atoms with van der Waals surface area (Å²) in [6.45, 7) is 1.37. The highest BCUT2D eigenvalue weighted by Gasteiger charge is 2.11. The maximum Gasteiger partial charge on any atom is 0.227 e. The van der Waals surface area contributed by atoms with Crippen LogP contribution in [0.2, 0.25) is 0 Å². The molecule has 21 heavy (non-hydrogen) atoms. The van der Waals surface area contributed by atoms with Gasteiger partial charge < -0.3 is 15.2 Å². The van der Waals surface area contributed by atoms with Gasteiger partial charge in [0.1, 0.15) is 0 Å². The van der Waals surface area contributed by atoms with Crippen molar-refractivity contribution in [3.8, 4) is 10.7 Å². The highest BCUT2D eigenvalue weighted by Crippen LogP contribution is 2.27. The summed E-state index contributed by atoms with van der Waals surface area (Å²) in [6.07, 6.45) is 0.796. The molecule has 0 bridgehead atoms. The molecule has 0 aromatic carbocycles. The zero-order valence-corrected chi connectivity index (χ0v) is 14.6. The fourth-order valence-electron chi connectivity index (χ4n) is 1.52. The minimum atomic E-state index is -0.0149. The summed E-state index contributed by atoms with van der Waals surface area (Å²) in [5.41, 5.74) is 0. The first kappa shape index (κ1) is 18.1. The maximum absolute atomic E-state index is 11.5. The van der Waals surface area contributed by atoms with Crippen molar-refractivity contribution in [3.05, 3.63) is 21.8 Å². The van der Waals surface area contributed by atoms with E-state index in [0.29, 0.717) is 31.1 Å². The van der Waals surface area contributed by atoms with Crippen molar-refractivity contribution < 1.29 is 9.32 Å². The summed E-state index contributed by atoms with van der Waals surface area (Å²) in [7, 11) is 1.84. The molecule has 0 atom stereocenters. The molecular weight excluding hydrogens is 380 g/mol. The van der Waals surface area contributed by atoms with Crippen molar-refractivity contribution in [2.75, 3.05) is 20.1 Å². The van der Waals surface area contributed by atoms with Gasteiger partial charge in [0, 0.05) is 35.8 Å². The van der Waals surface area contributed by atoms with Crippen LogP contribution in [-0.4, -0.2) is 36.2 Å². The molecule has 0 radical (unpaired) electrons. The lowest BCUT2D eigenvalue weighted by Crippen LogP contribution is -2.30. The number of amides is 1. The molecule has 2 aromatic heterocycles. The van der Waals surface area contributed by atoms with Crippen LogP contribution in [0.1, 0.15) is 12.3 Å². The van der Waals surface area contributed by atoms with Crippen molar-refractivity contribution in [2.45, 2.75) is 12.8 Å². The van der Waals surface area contributed by atoms with Crippen LogP contribution in [-0.2, 0) is 11.2 Å². The van der Waals surface area contributed by atoms with E-state index in [1.54, 1.807) is 0 Å². The molecule has 2 heterocycles. The number of nitrogens with zero attached hydrogens (tertiary/aromatic N) is 2. The first-order chi connectivity index (χ1) is 9.69. The Hall–Kier alpha value is -0.960. The first-order valence-corrected chi connectivity index (χ1v) is 7.84. The number of carbonyl (C=O) groups excluding carboxylic acids is 1. The average molecular weight is 396 g/mol. The number of thiophene rings is 1. The fraction of sp³-hybridized carbons (Fsp3) is 0.417. The number of likely N-dealkylation sites (N-methyl/N-ethyl adjacent to an activating group) is 1. The summed E-state index contributed by atoms with van der Waals surface area (Å²) in [5.74, 6) is 1.03. The number of aryl methyl sites for hydroxylation is 1. The molecule has 0 fully saturated rings. The van der Waals surface area contributed by atoms with Gasteiger partial charge in [-0.15, -0.1) is 23.7 Å². The summed E-state index contributed by atoms with van der Waals surface area (Å²) in [6, 6.07) is 1.93. The first-order valence-electron chi connectivity index (χ1n) is 6.17. The van der Waals surface area contributed by atoms with Crippen LogP contribution in [0.15, 0.2) is 20.4 Å². The Morgan fingerprint density at radius 3 is 2.95 bits per heavy atom. The van der Waals surface area contributed by atoms with Gasteiger partial charge in [-0.05, 0) is 29.0 Å². The number of rotatable bonds is 7. The van der Waals surface area contributed by atoms with E-state index in [0.717, 1.165) is 15.9 Å². The van der Waals surface area contributed by atoms with E-state index in [-0.39, 0.29) is 18.3 Å². The number of halogens is 2. The largest absolute Gasteiger partial charge is 0.355 e. The van der Waals surface area contributed by atoms with E-state index in [4.69, 9.17) is 4.52 Å². The summed E-state index contributed by atoms with van der Waals surface area (Å²) in [4.78, 5) is 16.8. The molecule has 0 aliphatic rings. The van der Waals surface area contributed by atoms with Crippen LogP contribution in [0.25, 0.3) is 10.7 Å². The van der Waals surface area contributed by atoms with Crippen LogP contribution in [0, 0.1) is 0 Å². The fourth-order valence-corrected chi connectivity index (χ4v) is 2.87. The molecule has 2 N–H and O–H groups in total. The highest BCUT2D eigenvalue weighted by atomic mass is 79.9. The van der Waals surface area contributed by atoms with Crippen molar-refractivity contribution in [3.63, 3.8) is 0 Å². The maximum atomic E-state index is 11.5. The van der Waals surface area contributed by atoms with Crippen LogP contribution in [0.5, 0.6) is 0 Å². The number of hydrogen-bond donors (Lipinski definition) is 2.